The van der Waals surface area contributed by atoms with Gasteiger partial charge in [0.1, 0.15) is 12.1 Å². The minimum atomic E-state index is -0.677. The molecule has 4 nitrogen and oxygen atoms in total. The van der Waals surface area contributed by atoms with E-state index >= 15 is 0 Å². The molecule has 0 bridgehead atoms. The molecule has 1 amide bonds. The van der Waals surface area contributed by atoms with Gasteiger partial charge < -0.3 is 10.1 Å². The van der Waals surface area contributed by atoms with E-state index in [0.29, 0.717) is 5.92 Å². The molecule has 1 saturated carbocycles. The number of hydrogen-bond donors (Lipinski definition) is 1. The van der Waals surface area contributed by atoms with Crippen LogP contribution in [-0.4, -0.2) is 23.7 Å². The maximum atomic E-state index is 11.9. The van der Waals surface area contributed by atoms with Gasteiger partial charge in [-0.25, -0.2) is 0 Å². The molecule has 0 aliphatic heterocycles. The molecule has 0 aromatic rings. The van der Waals surface area contributed by atoms with Crippen molar-refractivity contribution < 1.29 is 9.53 Å². The van der Waals surface area contributed by atoms with Crippen LogP contribution in [0, 0.1) is 17.2 Å². The predicted molar refractivity (Wildman–Crippen MR) is 74.4 cm³/mol. The van der Waals surface area contributed by atoms with E-state index in [1.165, 1.54) is 0 Å². The molecule has 0 aromatic carbocycles. The van der Waals surface area contributed by atoms with Crippen LogP contribution in [0.25, 0.3) is 0 Å². The van der Waals surface area contributed by atoms with Crippen LogP contribution >= 0.6 is 0 Å². The Morgan fingerprint density at radius 2 is 2.00 bits per heavy atom. The Kier molecular flexibility index (Phi) is 5.37. The summed E-state index contributed by atoms with van der Waals surface area (Å²) in [5.74, 6) is 0.510. The lowest BCUT2D eigenvalue weighted by atomic mass is 9.76. The minimum absolute atomic E-state index is 0.0180. The number of hydrogen-bond acceptors (Lipinski definition) is 3. The molecule has 0 unspecified atom stereocenters. The Labute approximate surface area is 116 Å². The molecule has 19 heavy (non-hydrogen) atoms. The van der Waals surface area contributed by atoms with E-state index < -0.39 is 5.54 Å². The van der Waals surface area contributed by atoms with Crippen LogP contribution in [0.15, 0.2) is 0 Å². The summed E-state index contributed by atoms with van der Waals surface area (Å²) in [5, 5.41) is 12.2. The molecule has 1 rings (SSSR count). The van der Waals surface area contributed by atoms with Gasteiger partial charge in [-0.2, -0.15) is 5.26 Å². The lowest BCUT2D eigenvalue weighted by Gasteiger charge is -2.35. The average molecular weight is 266 g/mol. The fourth-order valence-corrected chi connectivity index (χ4v) is 2.43. The van der Waals surface area contributed by atoms with E-state index in [9.17, 15) is 10.1 Å². The maximum Gasteiger partial charge on any atom is 0.247 e. The van der Waals surface area contributed by atoms with Gasteiger partial charge in [-0.3, -0.25) is 4.79 Å². The molecule has 0 atom stereocenters. The first-order valence-corrected chi connectivity index (χ1v) is 7.16. The molecular weight excluding hydrogens is 240 g/mol. The van der Waals surface area contributed by atoms with E-state index in [4.69, 9.17) is 4.74 Å². The molecule has 0 radical (unpaired) electrons. The Bertz CT molecular complexity index is 344. The standard InChI is InChI=1S/C15H26N2O2/c1-5-12-6-8-15(11-16,9-7-12)17-13(18)10-19-14(2,3)4/h12H,5-10H2,1-4H3,(H,17,18). The predicted octanol–water partition coefficient (Wildman–Crippen LogP) is 2.78. The molecule has 0 spiro atoms. The Morgan fingerprint density at radius 3 is 2.42 bits per heavy atom. The molecule has 1 aliphatic rings. The summed E-state index contributed by atoms with van der Waals surface area (Å²) in [6, 6.07) is 2.30. The fraction of sp³-hybridized carbons (Fsp3) is 0.867. The first-order chi connectivity index (χ1) is 8.80. The van der Waals surface area contributed by atoms with E-state index in [1.807, 2.05) is 20.8 Å². The number of amides is 1. The highest BCUT2D eigenvalue weighted by Crippen LogP contribution is 2.33. The summed E-state index contributed by atoms with van der Waals surface area (Å²) in [7, 11) is 0. The van der Waals surface area contributed by atoms with Crippen molar-refractivity contribution in [3.63, 3.8) is 0 Å². The van der Waals surface area contributed by atoms with Crippen LogP contribution in [0.1, 0.15) is 59.8 Å². The number of rotatable bonds is 4. The summed E-state index contributed by atoms with van der Waals surface area (Å²) in [5.41, 5.74) is -1.01. The van der Waals surface area contributed by atoms with Gasteiger partial charge in [-0.15, -0.1) is 0 Å². The van der Waals surface area contributed by atoms with Gasteiger partial charge in [0.15, 0.2) is 0 Å². The molecular formula is C15H26N2O2. The summed E-state index contributed by atoms with van der Waals surface area (Å²) in [4.78, 5) is 11.9. The monoisotopic (exact) mass is 266 g/mol. The van der Waals surface area contributed by atoms with Crippen molar-refractivity contribution in [3.8, 4) is 6.07 Å². The van der Waals surface area contributed by atoms with Crippen LogP contribution in [0.3, 0.4) is 0 Å². The van der Waals surface area contributed by atoms with Crippen molar-refractivity contribution in [2.24, 2.45) is 5.92 Å². The van der Waals surface area contributed by atoms with Crippen LogP contribution < -0.4 is 5.32 Å². The fourth-order valence-electron chi connectivity index (χ4n) is 2.43. The second-order valence-corrected chi connectivity index (χ2v) is 6.49. The Hall–Kier alpha value is -1.08. The molecule has 1 N–H and O–H groups in total. The third-order valence-electron chi connectivity index (χ3n) is 3.77. The van der Waals surface area contributed by atoms with E-state index in [1.54, 1.807) is 0 Å². The van der Waals surface area contributed by atoms with Crippen LogP contribution in [-0.2, 0) is 9.53 Å². The van der Waals surface area contributed by atoms with Crippen molar-refractivity contribution >= 4 is 5.91 Å². The van der Waals surface area contributed by atoms with Crippen molar-refractivity contribution in [1.82, 2.24) is 5.32 Å². The highest BCUT2D eigenvalue weighted by atomic mass is 16.5. The lowest BCUT2D eigenvalue weighted by molar-refractivity contribution is -0.132. The van der Waals surface area contributed by atoms with E-state index in [-0.39, 0.29) is 18.1 Å². The molecule has 0 heterocycles. The first-order valence-electron chi connectivity index (χ1n) is 7.16. The quantitative estimate of drug-likeness (QED) is 0.851. The first kappa shape index (κ1) is 16.0. The van der Waals surface area contributed by atoms with Gasteiger partial charge in [0.2, 0.25) is 5.91 Å². The zero-order valence-corrected chi connectivity index (χ0v) is 12.6. The highest BCUT2D eigenvalue weighted by Gasteiger charge is 2.36. The molecule has 0 saturated heterocycles. The topological polar surface area (TPSA) is 62.1 Å². The number of carbonyl (C=O) groups is 1. The second-order valence-electron chi connectivity index (χ2n) is 6.49. The number of nitrogens with zero attached hydrogens (tertiary/aromatic N) is 1. The zero-order chi connectivity index (χ0) is 14.5. The average Bonchev–Trinajstić information content (AvgIpc) is 2.36. The largest absolute Gasteiger partial charge is 0.366 e. The van der Waals surface area contributed by atoms with Crippen LogP contribution in [0.5, 0.6) is 0 Å². The number of nitriles is 1. The number of ether oxygens (including phenoxy) is 1. The van der Waals surface area contributed by atoms with Crippen molar-refractivity contribution in [1.29, 1.82) is 5.26 Å². The molecule has 108 valence electrons. The van der Waals surface area contributed by atoms with Gasteiger partial charge in [-0.1, -0.05) is 13.3 Å². The second kappa shape index (κ2) is 6.38. The summed E-state index contributed by atoms with van der Waals surface area (Å²) in [6.45, 7) is 7.93. The lowest BCUT2D eigenvalue weighted by Crippen LogP contribution is -2.51. The Morgan fingerprint density at radius 1 is 1.42 bits per heavy atom. The minimum Gasteiger partial charge on any atom is -0.366 e. The summed E-state index contributed by atoms with van der Waals surface area (Å²) in [6.07, 6.45) is 4.70. The number of carbonyl (C=O) groups excluding carboxylic acids is 1. The van der Waals surface area contributed by atoms with Crippen LogP contribution in [0.2, 0.25) is 0 Å². The summed E-state index contributed by atoms with van der Waals surface area (Å²) >= 11 is 0. The maximum absolute atomic E-state index is 11.9. The van der Waals surface area contributed by atoms with Gasteiger partial charge >= 0.3 is 0 Å². The van der Waals surface area contributed by atoms with Crippen molar-refractivity contribution in [2.45, 2.75) is 70.9 Å². The van der Waals surface area contributed by atoms with Gasteiger partial charge in [0, 0.05) is 0 Å². The smallest absolute Gasteiger partial charge is 0.247 e. The Balaban J connectivity index is 2.49. The van der Waals surface area contributed by atoms with Gasteiger partial charge in [0.25, 0.3) is 0 Å². The van der Waals surface area contributed by atoms with E-state index in [0.717, 1.165) is 32.1 Å². The van der Waals surface area contributed by atoms with Gasteiger partial charge in [0.05, 0.1) is 11.7 Å². The SMILES string of the molecule is CCC1CCC(C#N)(NC(=O)COC(C)(C)C)CC1. The highest BCUT2D eigenvalue weighted by molar-refractivity contribution is 5.78. The summed E-state index contributed by atoms with van der Waals surface area (Å²) < 4.78 is 5.44. The normalized spacial score (nSPS) is 27.6. The molecule has 0 aromatic heterocycles. The zero-order valence-electron chi connectivity index (χ0n) is 12.6. The molecule has 4 heteroatoms. The third kappa shape index (κ3) is 5.20. The third-order valence-corrected chi connectivity index (χ3v) is 3.77. The van der Waals surface area contributed by atoms with Gasteiger partial charge in [-0.05, 0) is 52.4 Å². The van der Waals surface area contributed by atoms with Crippen molar-refractivity contribution in [2.75, 3.05) is 6.61 Å². The molecule has 1 fully saturated rings. The molecule has 1 aliphatic carbocycles. The van der Waals surface area contributed by atoms with E-state index in [2.05, 4.69) is 18.3 Å². The number of nitrogens with one attached hydrogen (secondary N) is 1. The van der Waals surface area contributed by atoms with Crippen molar-refractivity contribution in [3.05, 3.63) is 0 Å². The van der Waals surface area contributed by atoms with Crippen LogP contribution in [0.4, 0.5) is 0 Å².